The number of nitrogens with one attached hydrogen (secondary N) is 2. The van der Waals surface area contributed by atoms with E-state index in [1.165, 1.54) is 25.5 Å². The van der Waals surface area contributed by atoms with Crippen molar-refractivity contribution < 1.29 is 22.7 Å². The molecule has 128 valence electrons. The number of pyridine rings is 2. The normalized spacial score (nSPS) is 11.0. The summed E-state index contributed by atoms with van der Waals surface area (Å²) in [5.74, 6) is -0.493. The Morgan fingerprint density at radius 2 is 1.92 bits per heavy atom. The average molecular weight is 340 g/mol. The molecule has 0 aliphatic rings. The SMILES string of the molecule is CNC(=O)c1cccnc1NCCOc1ncccc1C(F)(F)F. The Hall–Kier alpha value is -2.84. The lowest BCUT2D eigenvalue weighted by molar-refractivity contribution is -0.139. The molecule has 24 heavy (non-hydrogen) atoms. The molecule has 0 fully saturated rings. The minimum absolute atomic E-state index is 0.0795. The smallest absolute Gasteiger partial charge is 0.421 e. The van der Waals surface area contributed by atoms with E-state index in [4.69, 9.17) is 4.74 Å². The van der Waals surface area contributed by atoms with Gasteiger partial charge in [-0.2, -0.15) is 13.2 Å². The van der Waals surface area contributed by atoms with Crippen molar-refractivity contribution in [1.29, 1.82) is 0 Å². The van der Waals surface area contributed by atoms with E-state index in [9.17, 15) is 18.0 Å². The molecule has 1 amide bonds. The maximum absolute atomic E-state index is 12.8. The topological polar surface area (TPSA) is 76.1 Å². The van der Waals surface area contributed by atoms with Gasteiger partial charge >= 0.3 is 6.18 Å². The summed E-state index contributed by atoms with van der Waals surface area (Å²) in [6.07, 6.45) is -1.82. The number of nitrogens with zero attached hydrogens (tertiary/aromatic N) is 2. The monoisotopic (exact) mass is 340 g/mol. The zero-order chi connectivity index (χ0) is 17.6. The first-order valence-corrected chi connectivity index (χ1v) is 6.99. The number of hydrogen-bond acceptors (Lipinski definition) is 5. The van der Waals surface area contributed by atoms with E-state index >= 15 is 0 Å². The van der Waals surface area contributed by atoms with Crippen LogP contribution >= 0.6 is 0 Å². The second-order valence-electron chi connectivity index (χ2n) is 4.61. The first-order valence-electron chi connectivity index (χ1n) is 6.99. The molecule has 9 heteroatoms. The van der Waals surface area contributed by atoms with Crippen LogP contribution in [-0.4, -0.2) is 36.1 Å². The molecule has 0 unspecified atom stereocenters. The Balaban J connectivity index is 1.97. The molecule has 0 aliphatic heterocycles. The molecule has 0 saturated carbocycles. The Kier molecular flexibility index (Phi) is 5.56. The first kappa shape index (κ1) is 17.5. The second kappa shape index (κ2) is 7.62. The Bertz CT molecular complexity index is 707. The number of hydrogen-bond donors (Lipinski definition) is 2. The minimum Gasteiger partial charge on any atom is -0.475 e. The predicted molar refractivity (Wildman–Crippen MR) is 80.9 cm³/mol. The lowest BCUT2D eigenvalue weighted by atomic mass is 10.2. The summed E-state index contributed by atoms with van der Waals surface area (Å²) in [7, 11) is 1.49. The van der Waals surface area contributed by atoms with Crippen molar-refractivity contribution in [1.82, 2.24) is 15.3 Å². The molecule has 0 radical (unpaired) electrons. The first-order chi connectivity index (χ1) is 11.4. The Morgan fingerprint density at radius 3 is 2.62 bits per heavy atom. The number of anilines is 1. The molecule has 2 aromatic heterocycles. The molecule has 0 atom stereocenters. The van der Waals surface area contributed by atoms with E-state index in [-0.39, 0.29) is 19.1 Å². The maximum atomic E-state index is 12.8. The van der Waals surface area contributed by atoms with Crippen molar-refractivity contribution in [3.05, 3.63) is 47.8 Å². The van der Waals surface area contributed by atoms with Gasteiger partial charge in [0.1, 0.15) is 18.0 Å². The van der Waals surface area contributed by atoms with Crippen LogP contribution < -0.4 is 15.4 Å². The molecule has 2 heterocycles. The highest BCUT2D eigenvalue weighted by molar-refractivity contribution is 5.98. The van der Waals surface area contributed by atoms with Gasteiger partial charge in [-0.25, -0.2) is 9.97 Å². The number of carbonyl (C=O) groups excluding carboxylic acids is 1. The van der Waals surface area contributed by atoms with Gasteiger partial charge in [0.25, 0.3) is 5.91 Å². The van der Waals surface area contributed by atoms with Crippen LogP contribution in [0, 0.1) is 0 Å². The maximum Gasteiger partial charge on any atom is 0.421 e. The number of amides is 1. The van der Waals surface area contributed by atoms with Crippen LogP contribution in [0.4, 0.5) is 19.0 Å². The van der Waals surface area contributed by atoms with Crippen LogP contribution in [0.15, 0.2) is 36.7 Å². The van der Waals surface area contributed by atoms with Crippen LogP contribution in [0.5, 0.6) is 5.88 Å². The van der Waals surface area contributed by atoms with Crippen molar-refractivity contribution in [2.24, 2.45) is 0 Å². The third-order valence-electron chi connectivity index (χ3n) is 2.99. The largest absolute Gasteiger partial charge is 0.475 e. The molecule has 0 aromatic carbocycles. The summed E-state index contributed by atoms with van der Waals surface area (Å²) in [5, 5.41) is 5.33. The predicted octanol–water partition coefficient (Wildman–Crippen LogP) is 2.35. The third kappa shape index (κ3) is 4.34. The number of carbonyl (C=O) groups is 1. The molecule has 0 bridgehead atoms. The highest BCUT2D eigenvalue weighted by Crippen LogP contribution is 2.34. The van der Waals surface area contributed by atoms with Crippen LogP contribution in [-0.2, 0) is 6.18 Å². The minimum atomic E-state index is -4.54. The average Bonchev–Trinajstić information content (AvgIpc) is 2.58. The fourth-order valence-corrected chi connectivity index (χ4v) is 1.90. The fraction of sp³-hybridized carbons (Fsp3) is 0.267. The van der Waals surface area contributed by atoms with Gasteiger partial charge in [0, 0.05) is 19.4 Å². The lowest BCUT2D eigenvalue weighted by Crippen LogP contribution is -2.22. The summed E-state index contributed by atoms with van der Waals surface area (Å²) < 4.78 is 43.5. The zero-order valence-electron chi connectivity index (χ0n) is 12.7. The Morgan fingerprint density at radius 1 is 1.21 bits per heavy atom. The number of aromatic nitrogens is 2. The van der Waals surface area contributed by atoms with Gasteiger partial charge in [0.15, 0.2) is 0 Å². The fourth-order valence-electron chi connectivity index (χ4n) is 1.90. The number of alkyl halides is 3. The van der Waals surface area contributed by atoms with E-state index in [2.05, 4.69) is 20.6 Å². The van der Waals surface area contributed by atoms with Crippen LogP contribution in [0.25, 0.3) is 0 Å². The highest BCUT2D eigenvalue weighted by atomic mass is 19.4. The number of ether oxygens (including phenoxy) is 1. The van der Waals surface area contributed by atoms with Crippen LogP contribution in [0.1, 0.15) is 15.9 Å². The molecule has 0 saturated heterocycles. The molecule has 2 rings (SSSR count). The molecule has 2 N–H and O–H groups in total. The molecular weight excluding hydrogens is 325 g/mol. The van der Waals surface area contributed by atoms with Crippen molar-refractivity contribution in [2.75, 3.05) is 25.5 Å². The quantitative estimate of drug-likeness (QED) is 0.790. The summed E-state index contributed by atoms with van der Waals surface area (Å²) in [6, 6.07) is 5.28. The van der Waals surface area contributed by atoms with Gasteiger partial charge in [0.2, 0.25) is 5.88 Å². The summed E-state index contributed by atoms with van der Waals surface area (Å²) in [5.41, 5.74) is -0.609. The lowest BCUT2D eigenvalue weighted by Gasteiger charge is -2.13. The van der Waals surface area contributed by atoms with E-state index in [1.54, 1.807) is 12.1 Å². The highest BCUT2D eigenvalue weighted by Gasteiger charge is 2.34. The molecule has 6 nitrogen and oxygen atoms in total. The standard InChI is InChI=1S/C15H15F3N4O2/c1-19-13(23)10-4-2-6-20-12(10)21-8-9-24-14-11(15(16,17)18)5-3-7-22-14/h2-7H,8-9H2,1H3,(H,19,23)(H,20,21). The van der Waals surface area contributed by atoms with Crippen molar-refractivity contribution >= 4 is 11.7 Å². The third-order valence-corrected chi connectivity index (χ3v) is 2.99. The molecule has 0 spiro atoms. The van der Waals surface area contributed by atoms with Gasteiger partial charge in [-0.15, -0.1) is 0 Å². The van der Waals surface area contributed by atoms with Crippen molar-refractivity contribution in [3.8, 4) is 5.88 Å². The van der Waals surface area contributed by atoms with E-state index in [0.29, 0.717) is 11.4 Å². The van der Waals surface area contributed by atoms with Gasteiger partial charge in [-0.1, -0.05) is 0 Å². The number of halogens is 3. The van der Waals surface area contributed by atoms with Crippen LogP contribution in [0.3, 0.4) is 0 Å². The van der Waals surface area contributed by atoms with Crippen LogP contribution in [0.2, 0.25) is 0 Å². The summed E-state index contributed by atoms with van der Waals surface area (Å²) in [6.45, 7) is 0.0682. The van der Waals surface area contributed by atoms with Gasteiger partial charge in [0.05, 0.1) is 12.1 Å². The van der Waals surface area contributed by atoms with E-state index in [1.807, 2.05) is 0 Å². The van der Waals surface area contributed by atoms with Gasteiger partial charge in [-0.05, 0) is 24.3 Å². The number of rotatable bonds is 6. The van der Waals surface area contributed by atoms with Crippen molar-refractivity contribution in [3.63, 3.8) is 0 Å². The second-order valence-corrected chi connectivity index (χ2v) is 4.61. The van der Waals surface area contributed by atoms with Crippen molar-refractivity contribution in [2.45, 2.75) is 6.18 Å². The molecular formula is C15H15F3N4O2. The van der Waals surface area contributed by atoms with E-state index < -0.39 is 17.6 Å². The zero-order valence-corrected chi connectivity index (χ0v) is 12.7. The van der Waals surface area contributed by atoms with E-state index in [0.717, 1.165) is 6.07 Å². The summed E-state index contributed by atoms with van der Waals surface area (Å²) in [4.78, 5) is 19.3. The summed E-state index contributed by atoms with van der Waals surface area (Å²) >= 11 is 0. The molecule has 0 aliphatic carbocycles. The molecule has 2 aromatic rings. The van der Waals surface area contributed by atoms with Gasteiger partial charge in [-0.3, -0.25) is 4.79 Å². The van der Waals surface area contributed by atoms with Gasteiger partial charge < -0.3 is 15.4 Å². The Labute approximate surface area is 136 Å².